The van der Waals surface area contributed by atoms with Crippen LogP contribution in [0.4, 0.5) is 4.39 Å². The van der Waals surface area contributed by atoms with Crippen molar-refractivity contribution in [2.75, 3.05) is 0 Å². The second-order valence-corrected chi connectivity index (χ2v) is 2.94. The van der Waals surface area contributed by atoms with Crippen molar-refractivity contribution in [2.24, 2.45) is 5.73 Å². The molecule has 0 saturated carbocycles. The molecule has 0 bridgehead atoms. The van der Waals surface area contributed by atoms with Gasteiger partial charge in [0.15, 0.2) is 0 Å². The van der Waals surface area contributed by atoms with Crippen molar-refractivity contribution in [1.82, 2.24) is 9.55 Å². The first-order valence-electron chi connectivity index (χ1n) is 4.28. The average molecular weight is 191 g/mol. The number of imidazole rings is 1. The number of nitrogens with zero attached hydrogens (tertiary/aromatic N) is 2. The van der Waals surface area contributed by atoms with Crippen LogP contribution in [0, 0.1) is 5.82 Å². The molecule has 0 spiro atoms. The third-order valence-electron chi connectivity index (χ3n) is 2.01. The van der Waals surface area contributed by atoms with E-state index in [9.17, 15) is 4.39 Å². The van der Waals surface area contributed by atoms with Crippen molar-refractivity contribution in [1.29, 1.82) is 0 Å². The Balaban J connectivity index is 2.49. The minimum absolute atomic E-state index is 0.265. The molecule has 0 aliphatic rings. The summed E-state index contributed by atoms with van der Waals surface area (Å²) in [5.41, 5.74) is 7.11. The van der Waals surface area contributed by atoms with E-state index in [4.69, 9.17) is 5.73 Å². The van der Waals surface area contributed by atoms with E-state index < -0.39 is 0 Å². The van der Waals surface area contributed by atoms with Crippen molar-refractivity contribution in [3.8, 4) is 5.69 Å². The number of aromatic nitrogens is 2. The zero-order valence-corrected chi connectivity index (χ0v) is 7.52. The summed E-state index contributed by atoms with van der Waals surface area (Å²) in [6.07, 6.45) is 3.29. The van der Waals surface area contributed by atoms with Crippen LogP contribution in [0.3, 0.4) is 0 Å². The van der Waals surface area contributed by atoms with E-state index in [2.05, 4.69) is 4.98 Å². The van der Waals surface area contributed by atoms with E-state index in [-0.39, 0.29) is 5.82 Å². The predicted octanol–water partition coefficient (Wildman–Crippen LogP) is 1.47. The number of hydrogen-bond donors (Lipinski definition) is 1. The van der Waals surface area contributed by atoms with Gasteiger partial charge in [0.1, 0.15) is 5.82 Å². The number of hydrogen-bond acceptors (Lipinski definition) is 2. The first-order chi connectivity index (χ1) is 6.81. The Hall–Kier alpha value is -1.68. The summed E-state index contributed by atoms with van der Waals surface area (Å²) in [6, 6.07) is 6.32. The fourth-order valence-electron chi connectivity index (χ4n) is 1.33. The lowest BCUT2D eigenvalue weighted by Gasteiger charge is -2.05. The van der Waals surface area contributed by atoms with E-state index >= 15 is 0 Å². The van der Waals surface area contributed by atoms with Gasteiger partial charge in [-0.1, -0.05) is 6.07 Å². The molecule has 0 saturated heterocycles. The molecular formula is C10H10FN3. The lowest BCUT2D eigenvalue weighted by molar-refractivity contribution is 0.626. The van der Waals surface area contributed by atoms with E-state index in [0.717, 1.165) is 11.4 Å². The fraction of sp³-hybridized carbons (Fsp3) is 0.100. The third kappa shape index (κ3) is 1.52. The molecule has 0 aliphatic heterocycles. The van der Waals surface area contributed by atoms with Gasteiger partial charge in [0.2, 0.25) is 0 Å². The highest BCUT2D eigenvalue weighted by Crippen LogP contribution is 2.11. The summed E-state index contributed by atoms with van der Waals surface area (Å²) in [6.45, 7) is 0.385. The molecule has 0 radical (unpaired) electrons. The normalized spacial score (nSPS) is 10.4. The Kier molecular flexibility index (Phi) is 2.28. The molecule has 2 N–H and O–H groups in total. The lowest BCUT2D eigenvalue weighted by Crippen LogP contribution is -2.04. The molecule has 2 rings (SSSR count). The van der Waals surface area contributed by atoms with E-state index in [1.165, 1.54) is 12.1 Å². The minimum Gasteiger partial charge on any atom is -0.325 e. The fourth-order valence-corrected chi connectivity index (χ4v) is 1.33. The van der Waals surface area contributed by atoms with Gasteiger partial charge >= 0.3 is 0 Å². The van der Waals surface area contributed by atoms with E-state index in [1.807, 2.05) is 6.07 Å². The zero-order chi connectivity index (χ0) is 9.97. The first kappa shape index (κ1) is 8.90. The SMILES string of the molecule is NCc1cncn1-c1cccc(F)c1. The Morgan fingerprint density at radius 1 is 1.43 bits per heavy atom. The minimum atomic E-state index is -0.265. The van der Waals surface area contributed by atoms with Crippen LogP contribution in [0.1, 0.15) is 5.69 Å². The maximum absolute atomic E-state index is 12.9. The highest BCUT2D eigenvalue weighted by molar-refractivity contribution is 5.33. The second kappa shape index (κ2) is 3.59. The standard InChI is InChI=1S/C10H10FN3/c11-8-2-1-3-9(4-8)14-7-13-6-10(14)5-12/h1-4,6-7H,5,12H2. The number of halogens is 1. The Bertz CT molecular complexity index is 436. The highest BCUT2D eigenvalue weighted by atomic mass is 19.1. The van der Waals surface area contributed by atoms with Crippen LogP contribution in [0.25, 0.3) is 5.69 Å². The Morgan fingerprint density at radius 3 is 3.00 bits per heavy atom. The number of benzene rings is 1. The monoisotopic (exact) mass is 191 g/mol. The van der Waals surface area contributed by atoms with Crippen molar-refractivity contribution in [3.63, 3.8) is 0 Å². The molecule has 0 amide bonds. The third-order valence-corrected chi connectivity index (χ3v) is 2.01. The number of nitrogens with two attached hydrogens (primary N) is 1. The van der Waals surface area contributed by atoms with Crippen molar-refractivity contribution >= 4 is 0 Å². The van der Waals surface area contributed by atoms with Gasteiger partial charge in [-0.2, -0.15) is 0 Å². The summed E-state index contributed by atoms with van der Waals surface area (Å²) < 4.78 is 14.7. The molecule has 0 aliphatic carbocycles. The second-order valence-electron chi connectivity index (χ2n) is 2.94. The van der Waals surface area contributed by atoms with Gasteiger partial charge in [-0.15, -0.1) is 0 Å². The molecule has 1 aromatic heterocycles. The Labute approximate surface area is 81.0 Å². The highest BCUT2D eigenvalue weighted by Gasteiger charge is 2.02. The molecular weight excluding hydrogens is 181 g/mol. The van der Waals surface area contributed by atoms with E-state index in [0.29, 0.717) is 6.54 Å². The molecule has 0 unspecified atom stereocenters. The van der Waals surface area contributed by atoms with Crippen LogP contribution in [-0.4, -0.2) is 9.55 Å². The molecule has 2 aromatic rings. The maximum atomic E-state index is 12.9. The topological polar surface area (TPSA) is 43.8 Å². The zero-order valence-electron chi connectivity index (χ0n) is 7.52. The number of rotatable bonds is 2. The van der Waals surface area contributed by atoms with Gasteiger partial charge in [-0.25, -0.2) is 9.37 Å². The van der Waals surface area contributed by atoms with Gasteiger partial charge in [-0.05, 0) is 18.2 Å². The predicted molar refractivity (Wildman–Crippen MR) is 51.4 cm³/mol. The van der Waals surface area contributed by atoms with Gasteiger partial charge in [0.05, 0.1) is 12.0 Å². The molecule has 72 valence electrons. The quantitative estimate of drug-likeness (QED) is 0.781. The largest absolute Gasteiger partial charge is 0.325 e. The maximum Gasteiger partial charge on any atom is 0.125 e. The lowest BCUT2D eigenvalue weighted by atomic mass is 10.3. The van der Waals surface area contributed by atoms with Crippen LogP contribution in [0.5, 0.6) is 0 Å². The summed E-state index contributed by atoms with van der Waals surface area (Å²) in [4.78, 5) is 3.96. The summed E-state index contributed by atoms with van der Waals surface area (Å²) in [5, 5.41) is 0. The molecule has 1 aromatic carbocycles. The molecule has 0 fully saturated rings. The van der Waals surface area contributed by atoms with Crippen LogP contribution < -0.4 is 5.73 Å². The summed E-state index contributed by atoms with van der Waals surface area (Å²) in [5.74, 6) is -0.265. The first-order valence-corrected chi connectivity index (χ1v) is 4.28. The molecule has 3 nitrogen and oxygen atoms in total. The average Bonchev–Trinajstić information content (AvgIpc) is 2.65. The molecule has 0 atom stereocenters. The molecule has 14 heavy (non-hydrogen) atoms. The molecule has 1 heterocycles. The van der Waals surface area contributed by atoms with Crippen LogP contribution in [-0.2, 0) is 6.54 Å². The van der Waals surface area contributed by atoms with Crippen molar-refractivity contribution < 1.29 is 4.39 Å². The van der Waals surface area contributed by atoms with Crippen LogP contribution in [0.2, 0.25) is 0 Å². The molecule has 4 heteroatoms. The van der Waals surface area contributed by atoms with Crippen LogP contribution >= 0.6 is 0 Å². The Morgan fingerprint density at radius 2 is 2.29 bits per heavy atom. The van der Waals surface area contributed by atoms with Gasteiger partial charge in [-0.3, -0.25) is 0 Å². The van der Waals surface area contributed by atoms with Crippen molar-refractivity contribution in [3.05, 3.63) is 48.3 Å². The summed E-state index contributed by atoms with van der Waals surface area (Å²) in [7, 11) is 0. The van der Waals surface area contributed by atoms with Crippen LogP contribution in [0.15, 0.2) is 36.8 Å². The smallest absolute Gasteiger partial charge is 0.125 e. The summed E-state index contributed by atoms with van der Waals surface area (Å²) >= 11 is 0. The van der Waals surface area contributed by atoms with Gasteiger partial charge < -0.3 is 10.3 Å². The van der Waals surface area contributed by atoms with Gasteiger partial charge in [0.25, 0.3) is 0 Å². The van der Waals surface area contributed by atoms with Gasteiger partial charge in [0, 0.05) is 18.4 Å². The van der Waals surface area contributed by atoms with Crippen molar-refractivity contribution in [2.45, 2.75) is 6.54 Å². The van der Waals surface area contributed by atoms with E-state index in [1.54, 1.807) is 23.2 Å².